The molecule has 0 aliphatic heterocycles. The highest BCUT2D eigenvalue weighted by molar-refractivity contribution is 7.86. The van der Waals surface area contributed by atoms with E-state index in [0.717, 1.165) is 5.56 Å². The van der Waals surface area contributed by atoms with Gasteiger partial charge in [0, 0.05) is 6.61 Å². The lowest BCUT2D eigenvalue weighted by atomic mass is 9.83. The van der Waals surface area contributed by atoms with Gasteiger partial charge in [-0.15, -0.1) is 0 Å². The van der Waals surface area contributed by atoms with Gasteiger partial charge in [-0.1, -0.05) is 52.6 Å². The van der Waals surface area contributed by atoms with Gasteiger partial charge >= 0.3 is 14.4 Å². The first-order valence-electron chi connectivity index (χ1n) is 9.98. The van der Waals surface area contributed by atoms with E-state index >= 15 is 0 Å². The largest absolute Gasteiger partial charge is 0.464 e. The highest BCUT2D eigenvalue weighted by Gasteiger charge is 2.52. The Balaban J connectivity index is 2.49. The van der Waals surface area contributed by atoms with Crippen LogP contribution in [0.5, 0.6) is 0 Å². The fourth-order valence-corrected chi connectivity index (χ4v) is 4.91. The molecule has 9 heteroatoms. The molecular formula is C22H28O7PS+. The van der Waals surface area contributed by atoms with E-state index < -0.39 is 36.1 Å². The predicted octanol–water partition coefficient (Wildman–Crippen LogP) is 3.85. The molecule has 0 heterocycles. The van der Waals surface area contributed by atoms with Gasteiger partial charge in [0.05, 0.1) is 24.0 Å². The summed E-state index contributed by atoms with van der Waals surface area (Å²) in [4.78, 5) is 13.0. The minimum absolute atomic E-state index is 0.00811. The Morgan fingerprint density at radius 2 is 1.68 bits per heavy atom. The van der Waals surface area contributed by atoms with Crippen molar-refractivity contribution < 1.29 is 31.4 Å². The maximum absolute atomic E-state index is 13.0. The van der Waals surface area contributed by atoms with Crippen LogP contribution in [0, 0.1) is 6.92 Å². The number of ether oxygens (including phenoxy) is 2. The Labute approximate surface area is 185 Å². The van der Waals surface area contributed by atoms with Gasteiger partial charge in [0.1, 0.15) is 0 Å². The third-order valence-electron chi connectivity index (χ3n) is 4.82. The second kappa shape index (κ2) is 11.5. The highest BCUT2D eigenvalue weighted by atomic mass is 32.2. The summed E-state index contributed by atoms with van der Waals surface area (Å²) in [6.45, 7) is 5.06. The molecular weight excluding hydrogens is 439 g/mol. The summed E-state index contributed by atoms with van der Waals surface area (Å²) in [5.74, 6) is -1.57. The molecule has 0 saturated carbocycles. The smallest absolute Gasteiger partial charge is 0.343 e. The van der Waals surface area contributed by atoms with Crippen LogP contribution in [-0.2, 0) is 33.1 Å². The molecule has 0 bridgehead atoms. The van der Waals surface area contributed by atoms with Crippen LogP contribution in [0.1, 0.15) is 30.9 Å². The third kappa shape index (κ3) is 6.20. The van der Waals surface area contributed by atoms with Gasteiger partial charge in [0.25, 0.3) is 10.1 Å². The second-order valence-electron chi connectivity index (χ2n) is 6.88. The molecule has 31 heavy (non-hydrogen) atoms. The number of carbonyl (C=O) groups excluding carboxylic acids is 1. The molecule has 3 atom stereocenters. The van der Waals surface area contributed by atoms with Crippen molar-refractivity contribution >= 4 is 24.5 Å². The molecule has 0 fully saturated rings. The molecule has 0 spiro atoms. The van der Waals surface area contributed by atoms with Crippen LogP contribution in [0.2, 0.25) is 0 Å². The van der Waals surface area contributed by atoms with Crippen molar-refractivity contribution in [3.05, 3.63) is 65.7 Å². The minimum atomic E-state index is -4.09. The molecule has 7 nitrogen and oxygen atoms in total. The van der Waals surface area contributed by atoms with E-state index in [1.165, 1.54) is 12.1 Å². The summed E-state index contributed by atoms with van der Waals surface area (Å²) in [6.07, 6.45) is -0.160. The fourth-order valence-electron chi connectivity index (χ4n) is 3.28. The van der Waals surface area contributed by atoms with Crippen LogP contribution in [-0.4, -0.2) is 46.0 Å². The lowest BCUT2D eigenvalue weighted by Gasteiger charge is -2.34. The van der Waals surface area contributed by atoms with Gasteiger partial charge < -0.3 is 9.47 Å². The molecule has 2 aromatic rings. The lowest BCUT2D eigenvalue weighted by Crippen LogP contribution is -2.51. The number of esters is 1. The maximum atomic E-state index is 13.0. The van der Waals surface area contributed by atoms with E-state index in [1.54, 1.807) is 56.3 Å². The van der Waals surface area contributed by atoms with Crippen molar-refractivity contribution in [2.24, 2.45) is 0 Å². The SMILES string of the molecule is CCOC(=O)C(C[PH+]=O)(OCC)C(COS(=O)(=O)c1ccc(C)cc1)c1ccccc1. The van der Waals surface area contributed by atoms with Crippen molar-refractivity contribution in [3.63, 3.8) is 0 Å². The van der Waals surface area contributed by atoms with Gasteiger partial charge in [-0.3, -0.25) is 4.18 Å². The average Bonchev–Trinajstić information content (AvgIpc) is 2.75. The summed E-state index contributed by atoms with van der Waals surface area (Å²) < 4.78 is 53.7. The van der Waals surface area contributed by atoms with Gasteiger partial charge in [0.2, 0.25) is 5.60 Å². The first-order chi connectivity index (χ1) is 14.8. The van der Waals surface area contributed by atoms with E-state index in [2.05, 4.69) is 0 Å². The molecule has 0 amide bonds. The van der Waals surface area contributed by atoms with Gasteiger partial charge in [-0.25, -0.2) is 4.79 Å². The van der Waals surface area contributed by atoms with E-state index in [0.29, 0.717) is 5.56 Å². The normalized spacial score (nSPS) is 14.7. The van der Waals surface area contributed by atoms with Crippen molar-refractivity contribution in [2.75, 3.05) is 26.0 Å². The summed E-state index contributed by atoms with van der Waals surface area (Å²) >= 11 is 0. The average molecular weight is 468 g/mol. The Morgan fingerprint density at radius 1 is 1.03 bits per heavy atom. The van der Waals surface area contributed by atoms with E-state index in [1.807, 2.05) is 6.92 Å². The molecule has 0 N–H and O–H groups in total. The van der Waals surface area contributed by atoms with Crippen molar-refractivity contribution in [1.82, 2.24) is 0 Å². The highest BCUT2D eigenvalue weighted by Crippen LogP contribution is 2.37. The molecule has 0 saturated heterocycles. The number of aryl methyl sites for hydroxylation is 1. The summed E-state index contributed by atoms with van der Waals surface area (Å²) in [5.41, 5.74) is -0.133. The number of carbonyl (C=O) groups is 1. The van der Waals surface area contributed by atoms with Crippen molar-refractivity contribution in [3.8, 4) is 0 Å². The van der Waals surface area contributed by atoms with Crippen LogP contribution in [0.25, 0.3) is 0 Å². The molecule has 3 unspecified atom stereocenters. The fraction of sp³-hybridized carbons (Fsp3) is 0.409. The third-order valence-corrected chi connectivity index (χ3v) is 6.79. The first kappa shape index (κ1) is 25.1. The second-order valence-corrected chi connectivity index (χ2v) is 9.14. The van der Waals surface area contributed by atoms with Crippen molar-refractivity contribution in [1.29, 1.82) is 0 Å². The monoisotopic (exact) mass is 467 g/mol. The topological polar surface area (TPSA) is 96.0 Å². The molecule has 0 aliphatic carbocycles. The Hall–Kier alpha value is -2.12. The zero-order valence-electron chi connectivity index (χ0n) is 17.9. The molecule has 168 valence electrons. The first-order valence-corrected chi connectivity index (χ1v) is 12.5. The maximum Gasteiger partial charge on any atom is 0.343 e. The quantitative estimate of drug-likeness (QED) is 0.266. The Morgan fingerprint density at radius 3 is 2.23 bits per heavy atom. The zero-order chi connectivity index (χ0) is 22.9. The lowest BCUT2D eigenvalue weighted by molar-refractivity contribution is -0.173. The number of hydrogen-bond donors (Lipinski definition) is 0. The zero-order valence-corrected chi connectivity index (χ0v) is 19.7. The molecule has 2 rings (SSSR count). The standard InChI is InChI=1S/C22H27O7PS/c1-4-27-21(23)22(16-30-24,28-5-2)20(18-9-7-6-8-10-18)15-29-31(25,26)19-13-11-17(3)12-14-19/h6-14,20H,4-5,15-16H2,1-3H3/p+1. The van der Waals surface area contributed by atoms with Crippen LogP contribution in [0.3, 0.4) is 0 Å². The molecule has 0 aromatic heterocycles. The van der Waals surface area contributed by atoms with Gasteiger partial charge in [-0.05, 0) is 38.5 Å². The summed E-state index contributed by atoms with van der Waals surface area (Å²) in [6, 6.07) is 15.1. The van der Waals surface area contributed by atoms with Gasteiger partial charge in [-0.2, -0.15) is 8.42 Å². The van der Waals surface area contributed by atoms with E-state index in [9.17, 15) is 17.8 Å². The van der Waals surface area contributed by atoms with Gasteiger partial charge in [0.15, 0.2) is 6.16 Å². The van der Waals surface area contributed by atoms with Crippen molar-refractivity contribution in [2.45, 2.75) is 37.2 Å². The van der Waals surface area contributed by atoms with Crippen LogP contribution in [0.4, 0.5) is 0 Å². The molecule has 0 aliphatic rings. The minimum Gasteiger partial charge on any atom is -0.464 e. The summed E-state index contributed by atoms with van der Waals surface area (Å²) in [7, 11) is -4.96. The van der Waals surface area contributed by atoms with E-state index in [-0.39, 0.29) is 30.9 Å². The number of benzene rings is 2. The van der Waals surface area contributed by atoms with Crippen LogP contribution in [0.15, 0.2) is 59.5 Å². The predicted molar refractivity (Wildman–Crippen MR) is 118 cm³/mol. The Bertz CT molecular complexity index is 961. The van der Waals surface area contributed by atoms with Crippen LogP contribution < -0.4 is 0 Å². The molecule has 0 radical (unpaired) electrons. The Kier molecular flexibility index (Phi) is 9.32. The molecule has 2 aromatic carbocycles. The van der Waals surface area contributed by atoms with Crippen LogP contribution >= 0.6 is 8.46 Å². The number of hydrogen-bond acceptors (Lipinski definition) is 7. The van der Waals surface area contributed by atoms with E-state index in [4.69, 9.17) is 13.7 Å². The number of rotatable bonds is 12. The summed E-state index contributed by atoms with van der Waals surface area (Å²) in [5, 5.41) is 0.